The Hall–Kier alpha value is -0.340. The molecule has 1 fully saturated rings. The van der Waals surface area contributed by atoms with Gasteiger partial charge in [-0.25, -0.2) is 0 Å². The Kier molecular flexibility index (Phi) is 4.85. The molecule has 2 heteroatoms. The molecule has 0 aromatic carbocycles. The molecule has 2 atom stereocenters. The Morgan fingerprint density at radius 1 is 1.44 bits per heavy atom. The van der Waals surface area contributed by atoms with Gasteiger partial charge in [0.2, 0.25) is 0 Å². The van der Waals surface area contributed by atoms with Gasteiger partial charge in [-0.3, -0.25) is 0 Å². The van der Waals surface area contributed by atoms with Crippen LogP contribution in [-0.4, -0.2) is 26.8 Å². The van der Waals surface area contributed by atoms with Gasteiger partial charge in [0, 0.05) is 20.3 Å². The van der Waals surface area contributed by atoms with E-state index in [1.54, 1.807) is 5.57 Å². The van der Waals surface area contributed by atoms with Gasteiger partial charge >= 0.3 is 0 Å². The van der Waals surface area contributed by atoms with Crippen LogP contribution in [0.5, 0.6) is 0 Å². The number of rotatable bonds is 7. The second kappa shape index (κ2) is 6.21. The second-order valence-corrected chi connectivity index (χ2v) is 6.67. The van der Waals surface area contributed by atoms with Crippen molar-refractivity contribution in [3.63, 3.8) is 0 Å². The Morgan fingerprint density at radius 2 is 2.22 bits per heavy atom. The Balaban J connectivity index is 1.65. The van der Waals surface area contributed by atoms with Gasteiger partial charge in [0.25, 0.3) is 0 Å². The lowest BCUT2D eigenvalue weighted by molar-refractivity contribution is 0.170. The highest BCUT2D eigenvalue weighted by Crippen LogP contribution is 2.48. The average Bonchev–Trinajstić information content (AvgIpc) is 3.06. The third-order valence-corrected chi connectivity index (χ3v) is 4.61. The van der Waals surface area contributed by atoms with E-state index in [1.165, 1.54) is 45.2 Å². The van der Waals surface area contributed by atoms with Crippen molar-refractivity contribution in [2.75, 3.05) is 26.8 Å². The molecular formula is C16H29NO. The van der Waals surface area contributed by atoms with E-state index in [0.717, 1.165) is 18.4 Å². The minimum absolute atomic E-state index is 0.585. The molecule has 104 valence electrons. The first-order valence-electron chi connectivity index (χ1n) is 7.50. The number of nitrogens with one attached hydrogen (secondary N) is 1. The molecule has 2 aliphatic carbocycles. The summed E-state index contributed by atoms with van der Waals surface area (Å²) >= 11 is 0. The maximum absolute atomic E-state index is 5.21. The predicted molar refractivity (Wildman–Crippen MR) is 76.7 cm³/mol. The van der Waals surface area contributed by atoms with E-state index in [-0.39, 0.29) is 0 Å². The molecular weight excluding hydrogens is 222 g/mol. The molecule has 0 spiro atoms. The van der Waals surface area contributed by atoms with Crippen molar-refractivity contribution in [1.82, 2.24) is 5.32 Å². The summed E-state index contributed by atoms with van der Waals surface area (Å²) in [5.41, 5.74) is 2.17. The molecule has 0 amide bonds. The van der Waals surface area contributed by atoms with Crippen LogP contribution < -0.4 is 5.32 Å². The summed E-state index contributed by atoms with van der Waals surface area (Å²) in [6.45, 7) is 7.94. The van der Waals surface area contributed by atoms with Crippen LogP contribution in [0.3, 0.4) is 0 Å². The van der Waals surface area contributed by atoms with Crippen molar-refractivity contribution in [2.45, 2.75) is 46.0 Å². The van der Waals surface area contributed by atoms with Gasteiger partial charge in [-0.05, 0) is 62.8 Å². The Morgan fingerprint density at radius 3 is 2.83 bits per heavy atom. The molecule has 0 aromatic heterocycles. The maximum Gasteiger partial charge on any atom is 0.0468 e. The first-order chi connectivity index (χ1) is 8.63. The molecule has 18 heavy (non-hydrogen) atoms. The predicted octanol–water partition coefficient (Wildman–Crippen LogP) is 3.39. The third kappa shape index (κ3) is 4.10. The van der Waals surface area contributed by atoms with E-state index in [0.29, 0.717) is 5.41 Å². The Labute approximate surface area is 112 Å². The van der Waals surface area contributed by atoms with Crippen molar-refractivity contribution in [3.05, 3.63) is 11.6 Å². The summed E-state index contributed by atoms with van der Waals surface area (Å²) in [5, 5.41) is 3.73. The Bertz CT molecular complexity index is 293. The van der Waals surface area contributed by atoms with Crippen molar-refractivity contribution in [2.24, 2.45) is 17.3 Å². The van der Waals surface area contributed by atoms with Crippen LogP contribution in [0.2, 0.25) is 0 Å². The summed E-state index contributed by atoms with van der Waals surface area (Å²) < 4.78 is 5.21. The normalized spacial score (nSPS) is 30.1. The number of hydrogen-bond donors (Lipinski definition) is 1. The van der Waals surface area contributed by atoms with Gasteiger partial charge in [-0.1, -0.05) is 18.6 Å². The van der Waals surface area contributed by atoms with Gasteiger partial charge in [0.05, 0.1) is 0 Å². The molecule has 1 saturated carbocycles. The zero-order valence-corrected chi connectivity index (χ0v) is 12.3. The summed E-state index contributed by atoms with van der Waals surface area (Å²) in [6, 6.07) is 0. The second-order valence-electron chi connectivity index (χ2n) is 6.67. The van der Waals surface area contributed by atoms with Gasteiger partial charge in [0.15, 0.2) is 0 Å². The zero-order valence-electron chi connectivity index (χ0n) is 12.3. The van der Waals surface area contributed by atoms with E-state index >= 15 is 0 Å². The highest BCUT2D eigenvalue weighted by Gasteiger charge is 2.41. The highest BCUT2D eigenvalue weighted by atomic mass is 16.5. The van der Waals surface area contributed by atoms with Crippen LogP contribution in [0.25, 0.3) is 0 Å². The van der Waals surface area contributed by atoms with Crippen LogP contribution in [0.4, 0.5) is 0 Å². The monoisotopic (exact) mass is 251 g/mol. The van der Waals surface area contributed by atoms with Gasteiger partial charge in [0.1, 0.15) is 0 Å². The number of hydrogen-bond acceptors (Lipinski definition) is 2. The minimum Gasteiger partial charge on any atom is -0.385 e. The van der Waals surface area contributed by atoms with E-state index in [2.05, 4.69) is 25.2 Å². The standard InChI is InChI=1S/C16H29NO/c1-13-8-14(2)10-15(9-13)11-17-12-16(4-5-16)6-7-18-3/h8,13,15,17H,4-7,9-12H2,1-3H3. The summed E-state index contributed by atoms with van der Waals surface area (Å²) in [5.74, 6) is 1.62. The van der Waals surface area contributed by atoms with Crippen molar-refractivity contribution < 1.29 is 4.74 Å². The first kappa shape index (κ1) is 14.1. The lowest BCUT2D eigenvalue weighted by atomic mass is 9.83. The van der Waals surface area contributed by atoms with Crippen molar-refractivity contribution in [1.29, 1.82) is 0 Å². The molecule has 2 nitrogen and oxygen atoms in total. The zero-order chi connectivity index (χ0) is 13.0. The third-order valence-electron chi connectivity index (χ3n) is 4.61. The molecule has 0 radical (unpaired) electrons. The molecule has 2 rings (SSSR count). The lowest BCUT2D eigenvalue weighted by Crippen LogP contribution is -2.31. The van der Waals surface area contributed by atoms with Gasteiger partial charge in [-0.15, -0.1) is 0 Å². The fourth-order valence-corrected chi connectivity index (χ4v) is 3.39. The van der Waals surface area contributed by atoms with E-state index in [9.17, 15) is 0 Å². The number of methoxy groups -OCH3 is 1. The molecule has 0 heterocycles. The highest BCUT2D eigenvalue weighted by molar-refractivity contribution is 5.06. The molecule has 1 N–H and O–H groups in total. The molecule has 0 aromatic rings. The van der Waals surface area contributed by atoms with Crippen LogP contribution in [0, 0.1) is 17.3 Å². The van der Waals surface area contributed by atoms with E-state index in [4.69, 9.17) is 4.74 Å². The topological polar surface area (TPSA) is 21.3 Å². The summed E-state index contributed by atoms with van der Waals surface area (Å²) in [7, 11) is 1.81. The fourth-order valence-electron chi connectivity index (χ4n) is 3.39. The van der Waals surface area contributed by atoms with Crippen molar-refractivity contribution >= 4 is 0 Å². The van der Waals surface area contributed by atoms with Crippen LogP contribution in [-0.2, 0) is 4.74 Å². The smallest absolute Gasteiger partial charge is 0.0468 e. The van der Waals surface area contributed by atoms with Gasteiger partial charge in [-0.2, -0.15) is 0 Å². The lowest BCUT2D eigenvalue weighted by Gasteiger charge is -2.26. The van der Waals surface area contributed by atoms with Crippen LogP contribution in [0.1, 0.15) is 46.0 Å². The molecule has 0 aliphatic heterocycles. The van der Waals surface area contributed by atoms with Crippen LogP contribution >= 0.6 is 0 Å². The van der Waals surface area contributed by atoms with E-state index < -0.39 is 0 Å². The summed E-state index contributed by atoms with van der Waals surface area (Å²) in [4.78, 5) is 0. The fraction of sp³-hybridized carbons (Fsp3) is 0.875. The van der Waals surface area contributed by atoms with Crippen LogP contribution in [0.15, 0.2) is 11.6 Å². The number of ether oxygens (including phenoxy) is 1. The van der Waals surface area contributed by atoms with Gasteiger partial charge < -0.3 is 10.1 Å². The average molecular weight is 251 g/mol. The maximum atomic E-state index is 5.21. The molecule has 0 saturated heterocycles. The quantitative estimate of drug-likeness (QED) is 0.700. The number of allylic oxidation sites excluding steroid dienone is 2. The molecule has 2 unspecified atom stereocenters. The largest absolute Gasteiger partial charge is 0.385 e. The SMILES string of the molecule is COCCC1(CNCC2CC(C)=CC(C)C2)CC1. The minimum atomic E-state index is 0.585. The first-order valence-corrected chi connectivity index (χ1v) is 7.50. The molecule has 0 bridgehead atoms. The van der Waals surface area contributed by atoms with Crippen molar-refractivity contribution in [3.8, 4) is 0 Å². The van der Waals surface area contributed by atoms with E-state index in [1.807, 2.05) is 7.11 Å². The summed E-state index contributed by atoms with van der Waals surface area (Å²) in [6.07, 6.45) is 9.11. The molecule has 2 aliphatic rings.